The Labute approximate surface area is 187 Å². The number of benzene rings is 2. The lowest BCUT2D eigenvalue weighted by Crippen LogP contribution is -2.43. The number of anilines is 2. The lowest BCUT2D eigenvalue weighted by atomic mass is 9.92. The van der Waals surface area contributed by atoms with Crippen LogP contribution in [0.15, 0.2) is 46.9 Å². The zero-order valence-corrected chi connectivity index (χ0v) is 19.0. The summed E-state index contributed by atoms with van der Waals surface area (Å²) in [6.07, 6.45) is 0. The van der Waals surface area contributed by atoms with Crippen LogP contribution < -0.4 is 19.7 Å². The topological polar surface area (TPSA) is 81.0 Å². The molecule has 1 N–H and O–H groups in total. The highest BCUT2D eigenvalue weighted by atomic mass is 16.5. The van der Waals surface area contributed by atoms with Crippen molar-refractivity contribution in [1.29, 1.82) is 0 Å². The van der Waals surface area contributed by atoms with Crippen molar-refractivity contribution in [2.75, 3.05) is 30.5 Å². The van der Waals surface area contributed by atoms with E-state index >= 15 is 0 Å². The van der Waals surface area contributed by atoms with Crippen molar-refractivity contribution >= 4 is 34.2 Å². The van der Waals surface area contributed by atoms with Gasteiger partial charge in [-0.15, -0.1) is 0 Å². The van der Waals surface area contributed by atoms with E-state index in [4.69, 9.17) is 13.9 Å². The molecule has 32 heavy (non-hydrogen) atoms. The first kappa shape index (κ1) is 21.7. The van der Waals surface area contributed by atoms with Crippen LogP contribution in [0.4, 0.5) is 11.4 Å². The molecule has 0 bridgehead atoms. The molecule has 0 radical (unpaired) electrons. The number of carbonyl (C=O) groups excluding carboxylic acids is 2. The first-order chi connectivity index (χ1) is 15.2. The molecule has 1 aliphatic rings. The van der Waals surface area contributed by atoms with Gasteiger partial charge in [0.25, 0.3) is 5.91 Å². The molecule has 7 heteroatoms. The van der Waals surface area contributed by atoms with Crippen LogP contribution in [0.5, 0.6) is 11.5 Å². The molecule has 2 aromatic carbocycles. The van der Waals surface area contributed by atoms with Gasteiger partial charge in [-0.1, -0.05) is 26.0 Å². The Bertz CT molecular complexity index is 1180. The third-order valence-electron chi connectivity index (χ3n) is 5.42. The molecular weight excluding hydrogens is 408 g/mol. The van der Waals surface area contributed by atoms with Gasteiger partial charge in [0.15, 0.2) is 17.1 Å². The van der Waals surface area contributed by atoms with Crippen molar-refractivity contribution in [2.45, 2.75) is 27.7 Å². The van der Waals surface area contributed by atoms with Gasteiger partial charge in [-0.2, -0.15) is 0 Å². The summed E-state index contributed by atoms with van der Waals surface area (Å²) in [5, 5.41) is 3.65. The zero-order chi connectivity index (χ0) is 23.0. The molecule has 7 nitrogen and oxygen atoms in total. The summed E-state index contributed by atoms with van der Waals surface area (Å²) in [4.78, 5) is 27.9. The molecule has 0 saturated heterocycles. The zero-order valence-electron chi connectivity index (χ0n) is 19.0. The van der Waals surface area contributed by atoms with Crippen molar-refractivity contribution in [3.05, 3.63) is 48.2 Å². The van der Waals surface area contributed by atoms with Crippen LogP contribution in [0.25, 0.3) is 11.0 Å². The summed E-state index contributed by atoms with van der Waals surface area (Å²) in [6, 6.07) is 12.5. The van der Waals surface area contributed by atoms with Crippen LogP contribution in [0, 0.1) is 11.3 Å². The Kier molecular flexibility index (Phi) is 5.59. The van der Waals surface area contributed by atoms with Crippen LogP contribution >= 0.6 is 0 Å². The molecule has 0 aliphatic carbocycles. The number of ether oxygens (including phenoxy) is 2. The lowest BCUT2D eigenvalue weighted by molar-refractivity contribution is -0.127. The number of para-hydroxylation sites is 1. The van der Waals surface area contributed by atoms with Crippen molar-refractivity contribution in [3.8, 4) is 11.5 Å². The lowest BCUT2D eigenvalue weighted by Gasteiger charge is -2.29. The number of methoxy groups -OCH3 is 1. The van der Waals surface area contributed by atoms with Crippen LogP contribution in [0.1, 0.15) is 38.2 Å². The third-order valence-corrected chi connectivity index (χ3v) is 5.42. The van der Waals surface area contributed by atoms with Gasteiger partial charge in [-0.3, -0.25) is 9.59 Å². The average Bonchev–Trinajstić information content (AvgIpc) is 3.17. The Morgan fingerprint density at radius 1 is 1.22 bits per heavy atom. The van der Waals surface area contributed by atoms with Crippen LogP contribution in [0.3, 0.4) is 0 Å². The van der Waals surface area contributed by atoms with Crippen molar-refractivity contribution in [1.82, 2.24) is 0 Å². The number of nitrogens with zero attached hydrogens (tertiary/aromatic N) is 1. The van der Waals surface area contributed by atoms with Crippen molar-refractivity contribution in [2.24, 2.45) is 11.3 Å². The van der Waals surface area contributed by atoms with Gasteiger partial charge >= 0.3 is 0 Å². The molecule has 0 atom stereocenters. The largest absolute Gasteiger partial charge is 0.493 e. The van der Waals surface area contributed by atoms with Gasteiger partial charge in [0.1, 0.15) is 12.4 Å². The summed E-state index contributed by atoms with van der Waals surface area (Å²) in [5.74, 6) is 1.24. The molecule has 0 fully saturated rings. The van der Waals surface area contributed by atoms with E-state index < -0.39 is 5.41 Å². The second-order valence-electron chi connectivity index (χ2n) is 9.11. The van der Waals surface area contributed by atoms with E-state index in [2.05, 4.69) is 19.2 Å². The van der Waals surface area contributed by atoms with Crippen molar-refractivity contribution in [3.63, 3.8) is 0 Å². The van der Waals surface area contributed by atoms with Gasteiger partial charge in [0, 0.05) is 17.6 Å². The Balaban J connectivity index is 1.65. The maximum Gasteiger partial charge on any atom is 0.291 e. The number of carbonyl (C=O) groups is 2. The molecule has 0 saturated carbocycles. The molecule has 0 spiro atoms. The number of nitrogens with one attached hydrogen (secondary N) is 1. The molecule has 168 valence electrons. The molecule has 3 aromatic rings. The van der Waals surface area contributed by atoms with E-state index in [-0.39, 0.29) is 23.5 Å². The SMILES string of the molecule is COc1cccc2cc(C(=O)Nc3ccc4c(c3)N(CC(C)C)C(=O)C(C)(C)CO4)oc12. The fourth-order valence-corrected chi connectivity index (χ4v) is 3.77. The maximum absolute atomic E-state index is 13.2. The Hall–Kier alpha value is -3.48. The van der Waals surface area contributed by atoms with E-state index in [1.165, 1.54) is 0 Å². The Morgan fingerprint density at radius 3 is 2.72 bits per heavy atom. The standard InChI is InChI=1S/C25H28N2O5/c1-15(2)13-27-18-12-17(9-10-19(18)31-14-25(3,4)24(27)29)26-23(28)21-11-16-7-6-8-20(30-5)22(16)32-21/h6-12,15H,13-14H2,1-5H3,(H,26,28). The number of rotatable bonds is 5. The molecular formula is C25H28N2O5. The molecule has 2 amide bonds. The van der Waals surface area contributed by atoms with E-state index in [1.54, 1.807) is 42.3 Å². The summed E-state index contributed by atoms with van der Waals surface area (Å²) in [6.45, 7) is 8.74. The second kappa shape index (κ2) is 8.22. The molecule has 2 heterocycles. The summed E-state index contributed by atoms with van der Waals surface area (Å²) in [5.41, 5.74) is 1.07. The Morgan fingerprint density at radius 2 is 2.00 bits per heavy atom. The van der Waals surface area contributed by atoms with Gasteiger partial charge < -0.3 is 24.1 Å². The third kappa shape index (κ3) is 4.02. The number of furan rings is 1. The predicted molar refractivity (Wildman–Crippen MR) is 124 cm³/mol. The number of hydrogen-bond donors (Lipinski definition) is 1. The van der Waals surface area contributed by atoms with Gasteiger partial charge in [-0.25, -0.2) is 0 Å². The highest BCUT2D eigenvalue weighted by Crippen LogP contribution is 2.39. The summed E-state index contributed by atoms with van der Waals surface area (Å²) in [7, 11) is 1.56. The fourth-order valence-electron chi connectivity index (χ4n) is 3.77. The van der Waals surface area contributed by atoms with Gasteiger partial charge in [0.05, 0.1) is 18.2 Å². The van der Waals surface area contributed by atoms with Gasteiger partial charge in [-0.05, 0) is 50.1 Å². The monoisotopic (exact) mass is 436 g/mol. The van der Waals surface area contributed by atoms with Crippen LogP contribution in [-0.4, -0.2) is 32.1 Å². The number of hydrogen-bond acceptors (Lipinski definition) is 5. The maximum atomic E-state index is 13.2. The minimum absolute atomic E-state index is 0.00203. The van der Waals surface area contributed by atoms with Gasteiger partial charge in [0.2, 0.25) is 5.91 Å². The number of fused-ring (bicyclic) bond motifs is 2. The molecule has 0 unspecified atom stereocenters. The minimum Gasteiger partial charge on any atom is -0.493 e. The molecule has 1 aromatic heterocycles. The highest BCUT2D eigenvalue weighted by Gasteiger charge is 2.38. The first-order valence-corrected chi connectivity index (χ1v) is 10.7. The quantitative estimate of drug-likeness (QED) is 0.602. The van der Waals surface area contributed by atoms with E-state index in [0.717, 1.165) is 5.39 Å². The van der Waals surface area contributed by atoms with E-state index in [0.29, 0.717) is 41.6 Å². The first-order valence-electron chi connectivity index (χ1n) is 10.7. The summed E-state index contributed by atoms with van der Waals surface area (Å²) >= 11 is 0. The average molecular weight is 437 g/mol. The van der Waals surface area contributed by atoms with Crippen LogP contribution in [0.2, 0.25) is 0 Å². The fraction of sp³-hybridized carbons (Fsp3) is 0.360. The molecule has 1 aliphatic heterocycles. The highest BCUT2D eigenvalue weighted by molar-refractivity contribution is 6.06. The van der Waals surface area contributed by atoms with Crippen LogP contribution in [-0.2, 0) is 4.79 Å². The predicted octanol–water partition coefficient (Wildman–Crippen LogP) is 5.10. The number of amides is 2. The minimum atomic E-state index is -0.648. The van der Waals surface area contributed by atoms with Crippen molar-refractivity contribution < 1.29 is 23.5 Å². The summed E-state index contributed by atoms with van der Waals surface area (Å²) < 4.78 is 17.0. The smallest absolute Gasteiger partial charge is 0.291 e. The second-order valence-corrected chi connectivity index (χ2v) is 9.11. The molecule has 4 rings (SSSR count). The van der Waals surface area contributed by atoms with E-state index in [1.807, 2.05) is 26.0 Å². The van der Waals surface area contributed by atoms with E-state index in [9.17, 15) is 9.59 Å². The normalized spacial score (nSPS) is 15.3.